The zero-order valence-electron chi connectivity index (χ0n) is 5.29. The summed E-state index contributed by atoms with van der Waals surface area (Å²) in [7, 11) is 0. The first kappa shape index (κ1) is 6.99. The van der Waals surface area contributed by atoms with Gasteiger partial charge in [-0.15, -0.1) is 0 Å². The van der Waals surface area contributed by atoms with Crippen LogP contribution in [-0.4, -0.2) is 29.7 Å². The van der Waals surface area contributed by atoms with E-state index in [4.69, 9.17) is 14.9 Å². The minimum atomic E-state index is -0.643. The van der Waals surface area contributed by atoms with E-state index in [2.05, 4.69) is 0 Å². The lowest BCUT2D eigenvalue weighted by Crippen LogP contribution is -2.26. The molecule has 1 heterocycles. The van der Waals surface area contributed by atoms with Crippen molar-refractivity contribution in [3.8, 4) is 0 Å². The average Bonchev–Trinajstić information content (AvgIpc) is 1.88. The van der Waals surface area contributed by atoms with Gasteiger partial charge in [-0.2, -0.15) is 0 Å². The second-order valence-electron chi connectivity index (χ2n) is 2.40. The van der Waals surface area contributed by atoms with Gasteiger partial charge in [-0.25, -0.2) is 0 Å². The maximum absolute atomic E-state index is 8.88. The number of hydrogen-bond donors (Lipinski definition) is 2. The van der Waals surface area contributed by atoms with Crippen molar-refractivity contribution in [2.45, 2.75) is 19.1 Å². The highest BCUT2D eigenvalue weighted by Gasteiger charge is 2.19. The zero-order chi connectivity index (χ0) is 6.69. The summed E-state index contributed by atoms with van der Waals surface area (Å²) in [6.07, 6.45) is 0.806. The van der Waals surface area contributed by atoms with Gasteiger partial charge < -0.3 is 14.9 Å². The quantitative estimate of drug-likeness (QED) is 0.516. The number of ether oxygens (including phenoxy) is 1. The van der Waals surface area contributed by atoms with E-state index < -0.39 is 6.29 Å². The molecular weight excluding hydrogens is 120 g/mol. The Labute approximate surface area is 54.3 Å². The third-order valence-electron chi connectivity index (χ3n) is 1.63. The van der Waals surface area contributed by atoms with Crippen molar-refractivity contribution in [3.63, 3.8) is 0 Å². The van der Waals surface area contributed by atoms with E-state index in [0.717, 1.165) is 6.42 Å². The van der Waals surface area contributed by atoms with Crippen LogP contribution in [0.3, 0.4) is 0 Å². The maximum atomic E-state index is 8.88. The molecule has 0 radical (unpaired) electrons. The Bertz CT molecular complexity index is 84.4. The predicted molar refractivity (Wildman–Crippen MR) is 31.8 cm³/mol. The Morgan fingerprint density at radius 2 is 2.33 bits per heavy atom. The van der Waals surface area contributed by atoms with Crippen LogP contribution in [0.1, 0.15) is 12.8 Å². The van der Waals surface area contributed by atoms with E-state index in [1.54, 1.807) is 0 Å². The summed E-state index contributed by atoms with van der Waals surface area (Å²) in [5.41, 5.74) is 0. The highest BCUT2D eigenvalue weighted by atomic mass is 16.6. The van der Waals surface area contributed by atoms with Gasteiger partial charge in [0.2, 0.25) is 0 Å². The van der Waals surface area contributed by atoms with Crippen molar-refractivity contribution in [2.24, 2.45) is 5.92 Å². The first-order valence-corrected chi connectivity index (χ1v) is 3.23. The summed E-state index contributed by atoms with van der Waals surface area (Å²) in [5.74, 6) is 0.244. The molecule has 1 fully saturated rings. The summed E-state index contributed by atoms with van der Waals surface area (Å²) in [4.78, 5) is 0. The van der Waals surface area contributed by atoms with Crippen LogP contribution >= 0.6 is 0 Å². The summed E-state index contributed by atoms with van der Waals surface area (Å²) in [5, 5.41) is 17.5. The van der Waals surface area contributed by atoms with Crippen molar-refractivity contribution < 1.29 is 14.9 Å². The summed E-state index contributed by atoms with van der Waals surface area (Å²) in [6, 6.07) is 0. The van der Waals surface area contributed by atoms with Crippen LogP contribution in [-0.2, 0) is 4.74 Å². The maximum Gasteiger partial charge on any atom is 0.154 e. The molecule has 0 aliphatic carbocycles. The molecule has 0 aromatic rings. The molecule has 0 amide bonds. The molecule has 1 aliphatic rings. The lowest BCUT2D eigenvalue weighted by atomic mass is 10.0. The van der Waals surface area contributed by atoms with Crippen molar-refractivity contribution in [2.75, 3.05) is 13.2 Å². The summed E-state index contributed by atoms with van der Waals surface area (Å²) >= 11 is 0. The molecule has 0 aromatic carbocycles. The van der Waals surface area contributed by atoms with Crippen molar-refractivity contribution in [1.82, 2.24) is 0 Å². The van der Waals surface area contributed by atoms with Gasteiger partial charge in [0.1, 0.15) is 0 Å². The molecule has 3 heteroatoms. The molecule has 3 nitrogen and oxygen atoms in total. The molecule has 1 saturated heterocycles. The number of hydrogen-bond acceptors (Lipinski definition) is 3. The molecule has 1 rings (SSSR count). The van der Waals surface area contributed by atoms with E-state index in [1.165, 1.54) is 0 Å². The monoisotopic (exact) mass is 132 g/mol. The van der Waals surface area contributed by atoms with Gasteiger partial charge in [-0.3, -0.25) is 0 Å². The number of rotatable bonds is 1. The molecule has 2 atom stereocenters. The van der Waals surface area contributed by atoms with Crippen molar-refractivity contribution in [3.05, 3.63) is 0 Å². The third kappa shape index (κ3) is 1.93. The zero-order valence-corrected chi connectivity index (χ0v) is 5.29. The lowest BCUT2D eigenvalue weighted by molar-refractivity contribution is -0.142. The van der Waals surface area contributed by atoms with Gasteiger partial charge in [0.15, 0.2) is 6.29 Å². The largest absolute Gasteiger partial charge is 0.396 e. The molecule has 1 aliphatic heterocycles. The Kier molecular flexibility index (Phi) is 2.45. The molecule has 54 valence electrons. The topological polar surface area (TPSA) is 49.7 Å². The summed E-state index contributed by atoms with van der Waals surface area (Å²) in [6.45, 7) is 0.743. The van der Waals surface area contributed by atoms with Gasteiger partial charge >= 0.3 is 0 Å². The lowest BCUT2D eigenvalue weighted by Gasteiger charge is -2.24. The van der Waals surface area contributed by atoms with E-state index >= 15 is 0 Å². The molecule has 2 N–H and O–H groups in total. The van der Waals surface area contributed by atoms with Gasteiger partial charge in [-0.05, 0) is 12.3 Å². The Hall–Kier alpha value is -0.120. The van der Waals surface area contributed by atoms with Gasteiger partial charge in [0.05, 0.1) is 6.61 Å². The molecule has 0 saturated carbocycles. The van der Waals surface area contributed by atoms with E-state index in [0.29, 0.717) is 13.0 Å². The smallest absolute Gasteiger partial charge is 0.154 e. The average molecular weight is 132 g/mol. The van der Waals surface area contributed by atoms with Gasteiger partial charge in [0.25, 0.3) is 0 Å². The second-order valence-corrected chi connectivity index (χ2v) is 2.40. The normalized spacial score (nSPS) is 36.7. The fourth-order valence-corrected chi connectivity index (χ4v) is 1.01. The SMILES string of the molecule is OCC1CCOC(O)C1. The van der Waals surface area contributed by atoms with Crippen LogP contribution < -0.4 is 0 Å². The standard InChI is InChI=1S/C6H12O3/c7-4-5-1-2-9-6(8)3-5/h5-8H,1-4H2. The minimum Gasteiger partial charge on any atom is -0.396 e. The highest BCUT2D eigenvalue weighted by Crippen LogP contribution is 2.17. The molecule has 0 spiro atoms. The molecule has 9 heavy (non-hydrogen) atoms. The molecular formula is C6H12O3. The Morgan fingerprint density at radius 1 is 1.56 bits per heavy atom. The third-order valence-corrected chi connectivity index (χ3v) is 1.63. The molecule has 2 unspecified atom stereocenters. The number of aliphatic hydroxyl groups excluding tert-OH is 2. The van der Waals surface area contributed by atoms with Crippen molar-refractivity contribution in [1.29, 1.82) is 0 Å². The first-order valence-electron chi connectivity index (χ1n) is 3.23. The fraction of sp³-hybridized carbons (Fsp3) is 1.00. The van der Waals surface area contributed by atoms with E-state index in [-0.39, 0.29) is 12.5 Å². The van der Waals surface area contributed by atoms with Gasteiger partial charge in [-0.1, -0.05) is 0 Å². The second kappa shape index (κ2) is 3.15. The minimum absolute atomic E-state index is 0.167. The van der Waals surface area contributed by atoms with E-state index in [1.807, 2.05) is 0 Å². The van der Waals surface area contributed by atoms with Crippen LogP contribution in [0.2, 0.25) is 0 Å². The van der Waals surface area contributed by atoms with Crippen LogP contribution in [0, 0.1) is 5.92 Å². The van der Waals surface area contributed by atoms with Crippen LogP contribution in [0.15, 0.2) is 0 Å². The number of aliphatic hydroxyl groups is 2. The van der Waals surface area contributed by atoms with Crippen molar-refractivity contribution >= 4 is 0 Å². The Morgan fingerprint density at radius 3 is 2.78 bits per heavy atom. The molecule has 0 bridgehead atoms. The predicted octanol–water partition coefficient (Wildman–Crippen LogP) is -0.276. The highest BCUT2D eigenvalue weighted by molar-refractivity contribution is 4.63. The molecule has 0 aromatic heterocycles. The summed E-state index contributed by atoms with van der Waals surface area (Å²) < 4.78 is 4.85. The fourth-order valence-electron chi connectivity index (χ4n) is 1.01. The van der Waals surface area contributed by atoms with Crippen LogP contribution in [0.5, 0.6) is 0 Å². The van der Waals surface area contributed by atoms with Crippen LogP contribution in [0.25, 0.3) is 0 Å². The van der Waals surface area contributed by atoms with E-state index in [9.17, 15) is 0 Å². The Balaban J connectivity index is 2.23. The van der Waals surface area contributed by atoms with Gasteiger partial charge in [0, 0.05) is 13.0 Å². The van der Waals surface area contributed by atoms with Crippen LogP contribution in [0.4, 0.5) is 0 Å². The first-order chi connectivity index (χ1) is 4.33.